The minimum atomic E-state index is 0.759. The number of rotatable bonds is 3. The Bertz CT molecular complexity index is 61.1. The van der Waals surface area contributed by atoms with E-state index >= 15 is 0 Å². The molecular weight excluding hydrogens is 108 g/mol. The molecule has 0 fully saturated rings. The molecule has 0 spiro atoms. The minimum absolute atomic E-state index is 0.759. The lowest BCUT2D eigenvalue weighted by Gasteiger charge is -1.92. The summed E-state index contributed by atoms with van der Waals surface area (Å²) in [5.41, 5.74) is 0. The van der Waals surface area contributed by atoms with Gasteiger partial charge in [0.05, 0.1) is 6.61 Å². The molecule has 0 saturated heterocycles. The number of methoxy groups -OCH3 is 1. The largest absolute Gasteiger partial charge is 0.384 e. The second-order valence-corrected chi connectivity index (χ2v) is 2.14. The Balaban J connectivity index is 2.82. The van der Waals surface area contributed by atoms with Gasteiger partial charge in [0.2, 0.25) is 0 Å². The Labute approximate surface area is 49.7 Å². The second-order valence-electron chi connectivity index (χ2n) is 1.44. The topological polar surface area (TPSA) is 9.23 Å². The normalized spacial score (nSPS) is 8.86. The summed E-state index contributed by atoms with van der Waals surface area (Å²) in [6, 6.07) is 0. The summed E-state index contributed by atoms with van der Waals surface area (Å²) in [7, 11) is 1.68. The van der Waals surface area contributed by atoms with Gasteiger partial charge in [0.1, 0.15) is 0 Å². The molecule has 0 heterocycles. The maximum Gasteiger partial charge on any atom is 0.0507 e. The smallest absolute Gasteiger partial charge is 0.0507 e. The van der Waals surface area contributed by atoms with Gasteiger partial charge in [0, 0.05) is 13.5 Å². The summed E-state index contributed by atoms with van der Waals surface area (Å²) in [5.74, 6) is 0. The van der Waals surface area contributed by atoms with Gasteiger partial charge < -0.3 is 4.74 Å². The molecule has 7 heavy (non-hydrogen) atoms. The van der Waals surface area contributed by atoms with Crippen LogP contribution < -0.4 is 0 Å². The van der Waals surface area contributed by atoms with Crippen LogP contribution in [0.4, 0.5) is 0 Å². The lowest BCUT2D eigenvalue weighted by Crippen LogP contribution is -1.93. The van der Waals surface area contributed by atoms with Crippen molar-refractivity contribution in [3.8, 4) is 0 Å². The third kappa shape index (κ3) is 6.05. The van der Waals surface area contributed by atoms with Crippen LogP contribution in [0.1, 0.15) is 13.3 Å². The molecule has 0 aliphatic carbocycles. The molecule has 2 heteroatoms. The van der Waals surface area contributed by atoms with E-state index in [1.54, 1.807) is 7.11 Å². The number of hydrogen-bond acceptors (Lipinski definition) is 2. The Morgan fingerprint density at radius 2 is 2.29 bits per heavy atom. The molecule has 0 N–H and O–H groups in total. The highest BCUT2D eigenvalue weighted by Gasteiger charge is 1.83. The van der Waals surface area contributed by atoms with Gasteiger partial charge in [-0.05, 0) is 11.8 Å². The third-order valence-corrected chi connectivity index (χ3v) is 0.862. The zero-order chi connectivity index (χ0) is 5.70. The van der Waals surface area contributed by atoms with E-state index in [4.69, 9.17) is 17.0 Å². The van der Waals surface area contributed by atoms with Crippen molar-refractivity contribution in [2.75, 3.05) is 13.7 Å². The average Bonchev–Trinajstić information content (AvgIpc) is 1.61. The van der Waals surface area contributed by atoms with Crippen molar-refractivity contribution in [2.24, 2.45) is 0 Å². The maximum absolute atomic E-state index is 4.78. The van der Waals surface area contributed by atoms with E-state index in [1.165, 1.54) is 0 Å². The predicted molar refractivity (Wildman–Crippen MR) is 34.8 cm³/mol. The molecule has 0 rings (SSSR count). The summed E-state index contributed by atoms with van der Waals surface area (Å²) in [6.45, 7) is 2.68. The van der Waals surface area contributed by atoms with Crippen molar-refractivity contribution in [1.82, 2.24) is 0 Å². The molecule has 0 atom stereocenters. The van der Waals surface area contributed by atoms with E-state index in [9.17, 15) is 0 Å². The quantitative estimate of drug-likeness (QED) is 0.518. The van der Waals surface area contributed by atoms with Crippen molar-refractivity contribution in [3.63, 3.8) is 0 Å². The highest BCUT2D eigenvalue weighted by atomic mass is 32.1. The van der Waals surface area contributed by atoms with Crippen molar-refractivity contribution in [2.45, 2.75) is 13.3 Å². The van der Waals surface area contributed by atoms with Gasteiger partial charge in [-0.2, -0.15) is 0 Å². The van der Waals surface area contributed by atoms with Crippen molar-refractivity contribution >= 4 is 17.1 Å². The van der Waals surface area contributed by atoms with Crippen LogP contribution in [0, 0.1) is 0 Å². The van der Waals surface area contributed by atoms with Gasteiger partial charge in [0.15, 0.2) is 0 Å². The highest BCUT2D eigenvalue weighted by molar-refractivity contribution is 7.80. The molecule has 0 radical (unpaired) electrons. The van der Waals surface area contributed by atoms with E-state index in [-0.39, 0.29) is 0 Å². The van der Waals surface area contributed by atoms with Crippen LogP contribution in [-0.4, -0.2) is 18.6 Å². The molecule has 0 aliphatic heterocycles. The Hall–Kier alpha value is 0.0500. The molecule has 0 saturated carbocycles. The van der Waals surface area contributed by atoms with Crippen molar-refractivity contribution in [1.29, 1.82) is 0 Å². The molecule has 0 aliphatic rings. The predicted octanol–water partition coefficient (Wildman–Crippen LogP) is 1.41. The van der Waals surface area contributed by atoms with Crippen LogP contribution >= 0.6 is 12.2 Å². The van der Waals surface area contributed by atoms with Crippen LogP contribution in [0.2, 0.25) is 0 Å². The monoisotopic (exact) mass is 118 g/mol. The lowest BCUT2D eigenvalue weighted by molar-refractivity contribution is 0.208. The molecular formula is C5H10OS. The first kappa shape index (κ1) is 7.05. The van der Waals surface area contributed by atoms with Gasteiger partial charge >= 0.3 is 0 Å². The molecule has 0 unspecified atom stereocenters. The van der Waals surface area contributed by atoms with Crippen LogP contribution in [-0.2, 0) is 4.74 Å². The van der Waals surface area contributed by atoms with Crippen LogP contribution in [0.5, 0.6) is 0 Å². The van der Waals surface area contributed by atoms with Crippen molar-refractivity contribution < 1.29 is 4.74 Å². The lowest BCUT2D eigenvalue weighted by atomic mass is 10.4. The number of ether oxygens (including phenoxy) is 1. The second kappa shape index (κ2) is 4.22. The zero-order valence-electron chi connectivity index (χ0n) is 4.73. The van der Waals surface area contributed by atoms with E-state index in [2.05, 4.69) is 0 Å². The third-order valence-electron chi connectivity index (χ3n) is 0.658. The Kier molecular flexibility index (Phi) is 4.25. The summed E-state index contributed by atoms with van der Waals surface area (Å²) in [4.78, 5) is 1.02. The maximum atomic E-state index is 4.78. The van der Waals surface area contributed by atoms with Gasteiger partial charge in [-0.25, -0.2) is 0 Å². The summed E-state index contributed by atoms with van der Waals surface area (Å²) in [6.07, 6.45) is 0.909. The van der Waals surface area contributed by atoms with Crippen molar-refractivity contribution in [3.05, 3.63) is 0 Å². The van der Waals surface area contributed by atoms with Gasteiger partial charge in [-0.1, -0.05) is 12.2 Å². The van der Waals surface area contributed by atoms with Gasteiger partial charge in [-0.15, -0.1) is 0 Å². The Morgan fingerprint density at radius 3 is 2.43 bits per heavy atom. The molecule has 0 amide bonds. The average molecular weight is 118 g/mol. The van der Waals surface area contributed by atoms with E-state index in [0.29, 0.717) is 0 Å². The van der Waals surface area contributed by atoms with E-state index in [0.717, 1.165) is 17.9 Å². The van der Waals surface area contributed by atoms with Crippen LogP contribution in [0.15, 0.2) is 0 Å². The number of hydrogen-bond donors (Lipinski definition) is 0. The standard InChI is InChI=1S/C5H10OS/c1-5(7)3-4-6-2/h3-4H2,1-2H3. The van der Waals surface area contributed by atoms with Gasteiger partial charge in [-0.3, -0.25) is 0 Å². The molecule has 0 bridgehead atoms. The van der Waals surface area contributed by atoms with Gasteiger partial charge in [0.25, 0.3) is 0 Å². The minimum Gasteiger partial charge on any atom is -0.384 e. The molecule has 0 aromatic carbocycles. The van der Waals surface area contributed by atoms with Crippen LogP contribution in [0.3, 0.4) is 0 Å². The summed E-state index contributed by atoms with van der Waals surface area (Å²) < 4.78 is 4.77. The molecule has 0 aromatic heterocycles. The molecule has 1 nitrogen and oxygen atoms in total. The molecule has 0 aromatic rings. The Morgan fingerprint density at radius 1 is 1.71 bits per heavy atom. The van der Waals surface area contributed by atoms with E-state index < -0.39 is 0 Å². The fraction of sp³-hybridized carbons (Fsp3) is 0.800. The zero-order valence-corrected chi connectivity index (χ0v) is 5.55. The fourth-order valence-corrected chi connectivity index (χ4v) is 0.329. The molecule has 42 valence electrons. The highest BCUT2D eigenvalue weighted by Crippen LogP contribution is 1.83. The fourth-order valence-electron chi connectivity index (χ4n) is 0.246. The summed E-state index contributed by atoms with van der Waals surface area (Å²) in [5, 5.41) is 0. The first-order chi connectivity index (χ1) is 3.27. The summed E-state index contributed by atoms with van der Waals surface area (Å²) >= 11 is 4.78. The number of thiocarbonyl (C=S) groups is 1. The first-order valence-electron chi connectivity index (χ1n) is 2.25. The van der Waals surface area contributed by atoms with E-state index in [1.807, 2.05) is 6.92 Å². The SMILES string of the molecule is COCCC(C)=S. The van der Waals surface area contributed by atoms with Crippen LogP contribution in [0.25, 0.3) is 0 Å². The first-order valence-corrected chi connectivity index (χ1v) is 2.66.